The Hall–Kier alpha value is -1.62. The lowest BCUT2D eigenvalue weighted by molar-refractivity contribution is -0.117. The van der Waals surface area contributed by atoms with Crippen LogP contribution in [-0.2, 0) is 4.79 Å². The molecule has 1 aliphatic carbocycles. The van der Waals surface area contributed by atoms with Crippen LogP contribution in [0.2, 0.25) is 0 Å². The van der Waals surface area contributed by atoms with Crippen LogP contribution in [0.25, 0.3) is 10.9 Å². The third-order valence-corrected chi connectivity index (χ3v) is 5.41. The number of hydrogen-bond acceptors (Lipinski definition) is 4. The van der Waals surface area contributed by atoms with Crippen molar-refractivity contribution < 1.29 is 4.79 Å². The molecule has 0 atom stereocenters. The molecule has 1 aromatic carbocycles. The zero-order valence-corrected chi connectivity index (χ0v) is 14.3. The summed E-state index contributed by atoms with van der Waals surface area (Å²) in [5, 5.41) is 1.51. The van der Waals surface area contributed by atoms with Gasteiger partial charge in [-0.25, -0.2) is 4.98 Å². The second kappa shape index (κ2) is 7.30. The molecule has 0 saturated heterocycles. The lowest BCUT2D eigenvalue weighted by atomic mass is 10.2. The van der Waals surface area contributed by atoms with E-state index in [4.69, 9.17) is 4.98 Å². The van der Waals surface area contributed by atoms with Gasteiger partial charge in [-0.2, -0.15) is 0 Å². The number of hydrogen-bond donors (Lipinski definition) is 0. The monoisotopic (exact) mass is 330 g/mol. The number of thioether (sulfide) groups is 1. The third-order valence-electron chi connectivity index (χ3n) is 4.37. The normalized spacial score (nSPS) is 15.3. The maximum atomic E-state index is 12.9. The summed E-state index contributed by atoms with van der Waals surface area (Å²) < 4.78 is 1.91. The van der Waals surface area contributed by atoms with Gasteiger partial charge in [-0.3, -0.25) is 9.36 Å². The van der Waals surface area contributed by atoms with Gasteiger partial charge in [-0.05, 0) is 38.3 Å². The van der Waals surface area contributed by atoms with Crippen LogP contribution in [0.3, 0.4) is 0 Å². The summed E-state index contributed by atoms with van der Waals surface area (Å²) in [7, 11) is 0. The van der Waals surface area contributed by atoms with E-state index < -0.39 is 0 Å². The number of benzene rings is 1. The van der Waals surface area contributed by atoms with Gasteiger partial charge < -0.3 is 4.79 Å². The minimum Gasteiger partial charge on any atom is -0.300 e. The lowest BCUT2D eigenvalue weighted by Gasteiger charge is -2.18. The second-order valence-corrected chi connectivity index (χ2v) is 7.24. The molecule has 0 bridgehead atoms. The van der Waals surface area contributed by atoms with Crippen LogP contribution < -0.4 is 5.56 Å². The fourth-order valence-corrected chi connectivity index (χ4v) is 4.20. The minimum absolute atomic E-state index is 0.0802. The van der Waals surface area contributed by atoms with Crippen molar-refractivity contribution in [2.24, 2.45) is 0 Å². The number of Topliss-reactive ketones (excluding diaryl/α,β-unsaturated/α-hetero) is 1. The Kier molecular flexibility index (Phi) is 5.16. The van der Waals surface area contributed by atoms with Gasteiger partial charge in [0.05, 0.1) is 10.9 Å². The maximum absolute atomic E-state index is 12.9. The quantitative estimate of drug-likeness (QED) is 0.457. The van der Waals surface area contributed by atoms with Crippen molar-refractivity contribution in [3.05, 3.63) is 34.6 Å². The van der Waals surface area contributed by atoms with Gasteiger partial charge >= 0.3 is 0 Å². The van der Waals surface area contributed by atoms with E-state index in [9.17, 15) is 9.59 Å². The molecule has 0 unspecified atom stereocenters. The Labute approximate surface area is 140 Å². The Bertz CT molecular complexity index is 763. The highest BCUT2D eigenvalue weighted by molar-refractivity contribution is 7.99. The predicted octanol–water partition coefficient (Wildman–Crippen LogP) is 3.97. The van der Waals surface area contributed by atoms with Gasteiger partial charge in [0.2, 0.25) is 0 Å². The van der Waals surface area contributed by atoms with Crippen molar-refractivity contribution in [1.29, 1.82) is 0 Å². The molecule has 2 aromatic rings. The molecule has 1 heterocycles. The van der Waals surface area contributed by atoms with Gasteiger partial charge in [0.1, 0.15) is 5.78 Å². The van der Waals surface area contributed by atoms with Crippen LogP contribution in [0, 0.1) is 0 Å². The standard InChI is InChI=1S/C18H22N2O2S/c1-13(21)7-6-12-23-18-19-16-11-5-4-10-15(16)17(22)20(18)14-8-2-3-9-14/h4-5,10-11,14H,2-3,6-9,12H2,1H3. The highest BCUT2D eigenvalue weighted by Crippen LogP contribution is 2.32. The van der Waals surface area contributed by atoms with Crippen molar-refractivity contribution >= 4 is 28.4 Å². The van der Waals surface area contributed by atoms with Crippen LogP contribution >= 0.6 is 11.8 Å². The average molecular weight is 330 g/mol. The number of fused-ring (bicyclic) bond motifs is 1. The third kappa shape index (κ3) is 3.66. The highest BCUT2D eigenvalue weighted by atomic mass is 32.2. The summed E-state index contributed by atoms with van der Waals surface area (Å²) in [6, 6.07) is 7.84. The van der Waals surface area contributed by atoms with E-state index in [1.807, 2.05) is 28.8 Å². The first-order valence-corrected chi connectivity index (χ1v) is 9.29. The fraction of sp³-hybridized carbons (Fsp3) is 0.500. The summed E-state index contributed by atoms with van der Waals surface area (Å²) in [5.41, 5.74) is 0.845. The lowest BCUT2D eigenvalue weighted by Crippen LogP contribution is -2.26. The number of nitrogens with zero attached hydrogens (tertiary/aromatic N) is 2. The molecule has 122 valence electrons. The highest BCUT2D eigenvalue weighted by Gasteiger charge is 2.22. The molecule has 4 nitrogen and oxygen atoms in total. The summed E-state index contributed by atoms with van der Waals surface area (Å²) in [5.74, 6) is 1.03. The molecule has 23 heavy (non-hydrogen) atoms. The van der Waals surface area contributed by atoms with Gasteiger partial charge in [0.25, 0.3) is 5.56 Å². The number of carbonyl (C=O) groups is 1. The molecule has 1 fully saturated rings. The van der Waals surface area contributed by atoms with Crippen molar-refractivity contribution in [2.75, 3.05) is 5.75 Å². The largest absolute Gasteiger partial charge is 0.300 e. The van der Waals surface area contributed by atoms with E-state index >= 15 is 0 Å². The molecular weight excluding hydrogens is 308 g/mol. The topological polar surface area (TPSA) is 52.0 Å². The van der Waals surface area contributed by atoms with Crippen LogP contribution in [0.15, 0.2) is 34.2 Å². The average Bonchev–Trinajstić information content (AvgIpc) is 3.05. The number of rotatable bonds is 6. The number of para-hydroxylation sites is 1. The van der Waals surface area contributed by atoms with E-state index in [1.54, 1.807) is 18.7 Å². The van der Waals surface area contributed by atoms with E-state index in [-0.39, 0.29) is 17.4 Å². The van der Waals surface area contributed by atoms with Crippen LogP contribution in [0.5, 0.6) is 0 Å². The van der Waals surface area contributed by atoms with Crippen LogP contribution in [-0.4, -0.2) is 21.1 Å². The molecular formula is C18H22N2O2S. The molecule has 0 N–H and O–H groups in total. The summed E-state index contributed by atoms with van der Waals surface area (Å²) in [6.45, 7) is 1.62. The second-order valence-electron chi connectivity index (χ2n) is 6.18. The molecule has 0 amide bonds. The number of carbonyl (C=O) groups excluding carboxylic acids is 1. The van der Waals surface area contributed by atoms with Crippen LogP contribution in [0.4, 0.5) is 0 Å². The van der Waals surface area contributed by atoms with Crippen molar-refractivity contribution in [1.82, 2.24) is 9.55 Å². The SMILES string of the molecule is CC(=O)CCCSc1nc2ccccc2c(=O)n1C1CCCC1. The van der Waals surface area contributed by atoms with E-state index in [0.29, 0.717) is 11.8 Å². The van der Waals surface area contributed by atoms with E-state index in [1.165, 1.54) is 12.8 Å². The first-order chi connectivity index (χ1) is 11.2. The van der Waals surface area contributed by atoms with Crippen LogP contribution in [0.1, 0.15) is 51.5 Å². The zero-order valence-electron chi connectivity index (χ0n) is 13.5. The number of ketones is 1. The van der Waals surface area contributed by atoms with Crippen molar-refractivity contribution in [3.8, 4) is 0 Å². The molecule has 1 aliphatic rings. The minimum atomic E-state index is 0.0802. The molecule has 0 spiro atoms. The van der Waals surface area contributed by atoms with Gasteiger partial charge in [0.15, 0.2) is 5.16 Å². The molecule has 0 radical (unpaired) electrons. The Morgan fingerprint density at radius 3 is 2.78 bits per heavy atom. The molecule has 1 aromatic heterocycles. The smallest absolute Gasteiger partial charge is 0.262 e. The van der Waals surface area contributed by atoms with Crippen molar-refractivity contribution in [3.63, 3.8) is 0 Å². The molecule has 1 saturated carbocycles. The first-order valence-electron chi connectivity index (χ1n) is 8.30. The van der Waals surface area contributed by atoms with E-state index in [2.05, 4.69) is 0 Å². The Morgan fingerprint density at radius 2 is 2.04 bits per heavy atom. The molecule has 5 heteroatoms. The summed E-state index contributed by atoms with van der Waals surface area (Å²) in [4.78, 5) is 28.8. The first kappa shape index (κ1) is 16.2. The van der Waals surface area contributed by atoms with Gasteiger partial charge in [-0.15, -0.1) is 0 Å². The number of aromatic nitrogens is 2. The summed E-state index contributed by atoms with van der Waals surface area (Å²) >= 11 is 1.60. The van der Waals surface area contributed by atoms with Gasteiger partial charge in [-0.1, -0.05) is 36.7 Å². The van der Waals surface area contributed by atoms with Crippen molar-refractivity contribution in [2.45, 2.75) is 56.6 Å². The van der Waals surface area contributed by atoms with E-state index in [0.717, 1.165) is 35.7 Å². The molecule has 3 rings (SSSR count). The fourth-order valence-electron chi connectivity index (χ4n) is 3.20. The predicted molar refractivity (Wildman–Crippen MR) is 94.1 cm³/mol. The maximum Gasteiger partial charge on any atom is 0.262 e. The summed E-state index contributed by atoms with van der Waals surface area (Å²) in [6.07, 6.45) is 5.89. The Balaban J connectivity index is 1.94. The Morgan fingerprint density at radius 1 is 1.30 bits per heavy atom. The van der Waals surface area contributed by atoms with Gasteiger partial charge in [0, 0.05) is 18.2 Å². The molecule has 0 aliphatic heterocycles. The zero-order chi connectivity index (χ0) is 16.2.